The van der Waals surface area contributed by atoms with Crippen LogP contribution in [0, 0.1) is 17.7 Å². The van der Waals surface area contributed by atoms with Gasteiger partial charge in [-0.15, -0.1) is 0 Å². The maximum atomic E-state index is 14.9. The van der Waals surface area contributed by atoms with Gasteiger partial charge in [0, 0.05) is 30.8 Å². The largest absolute Gasteiger partial charge is 0.354 e. The number of benzene rings is 3. The fraction of sp³-hybridized carbons (Fsp3) is 0.143. The van der Waals surface area contributed by atoms with Crippen LogP contribution in [0.5, 0.6) is 0 Å². The molecule has 0 bridgehead atoms. The molecule has 0 aliphatic carbocycles. The van der Waals surface area contributed by atoms with Crippen LogP contribution in [0.15, 0.2) is 66.7 Å². The van der Waals surface area contributed by atoms with E-state index in [4.69, 9.17) is 0 Å². The summed E-state index contributed by atoms with van der Waals surface area (Å²) < 4.78 is 14.9. The normalized spacial score (nSPS) is 13.5. The maximum Gasteiger partial charge on any atom is 0.295 e. The highest BCUT2D eigenvalue weighted by Gasteiger charge is 2.30. The molecule has 35 heavy (non-hydrogen) atoms. The van der Waals surface area contributed by atoms with Gasteiger partial charge in [0.2, 0.25) is 0 Å². The number of nitrogens with zero attached hydrogens (tertiary/aromatic N) is 1. The minimum Gasteiger partial charge on any atom is -0.354 e. The topological polar surface area (TPSA) is 73.5 Å². The third-order valence-corrected chi connectivity index (χ3v) is 5.42. The summed E-state index contributed by atoms with van der Waals surface area (Å²) in [5.41, 5.74) is 4.52. The zero-order valence-corrected chi connectivity index (χ0v) is 19.7. The summed E-state index contributed by atoms with van der Waals surface area (Å²) in [7, 11) is 5.46. The third-order valence-electron chi connectivity index (χ3n) is 5.42. The van der Waals surface area contributed by atoms with Crippen molar-refractivity contribution in [1.29, 1.82) is 0 Å². The SMILES string of the molecule is CNC(=O)C#Cc1cc2c(cc1F)/C(=C(/Nc1ccc(CN(C)C)cc1)c1ccccc1)C(=O)N2. The van der Waals surface area contributed by atoms with E-state index >= 15 is 0 Å². The average Bonchev–Trinajstić information content (AvgIpc) is 3.16. The molecule has 3 N–H and O–H groups in total. The van der Waals surface area contributed by atoms with Crippen LogP contribution in [0.3, 0.4) is 0 Å². The summed E-state index contributed by atoms with van der Waals surface area (Å²) in [6.07, 6.45) is 0. The Bertz CT molecular complexity index is 1370. The van der Waals surface area contributed by atoms with Crippen LogP contribution in [0.25, 0.3) is 11.3 Å². The lowest BCUT2D eigenvalue weighted by atomic mass is 9.98. The van der Waals surface area contributed by atoms with Crippen molar-refractivity contribution in [3.63, 3.8) is 0 Å². The fourth-order valence-corrected chi connectivity index (χ4v) is 3.81. The van der Waals surface area contributed by atoms with Gasteiger partial charge in [-0.25, -0.2) is 4.39 Å². The van der Waals surface area contributed by atoms with E-state index in [1.54, 1.807) is 0 Å². The molecule has 0 saturated heterocycles. The molecule has 0 aromatic heterocycles. The van der Waals surface area contributed by atoms with Crippen molar-refractivity contribution in [3.05, 3.63) is 94.8 Å². The number of carbonyl (C=O) groups excluding carboxylic acids is 2. The Hall–Kier alpha value is -4.41. The summed E-state index contributed by atoms with van der Waals surface area (Å²) >= 11 is 0. The van der Waals surface area contributed by atoms with E-state index in [0.717, 1.165) is 23.4 Å². The van der Waals surface area contributed by atoms with Gasteiger partial charge in [0.05, 0.1) is 22.5 Å². The van der Waals surface area contributed by atoms with E-state index < -0.39 is 11.7 Å². The fourth-order valence-electron chi connectivity index (χ4n) is 3.81. The molecule has 0 saturated carbocycles. The van der Waals surface area contributed by atoms with Crippen molar-refractivity contribution in [2.45, 2.75) is 6.54 Å². The number of rotatable bonds is 5. The van der Waals surface area contributed by atoms with E-state index in [0.29, 0.717) is 22.5 Å². The second-order valence-corrected chi connectivity index (χ2v) is 8.34. The van der Waals surface area contributed by atoms with Crippen LogP contribution in [-0.4, -0.2) is 37.9 Å². The molecule has 1 heterocycles. The minimum absolute atomic E-state index is 0.0274. The molecule has 0 spiro atoms. The Morgan fingerprint density at radius 2 is 1.77 bits per heavy atom. The summed E-state index contributed by atoms with van der Waals surface area (Å²) in [6.45, 7) is 0.813. The van der Waals surface area contributed by atoms with E-state index in [9.17, 15) is 14.0 Å². The van der Waals surface area contributed by atoms with Crippen molar-refractivity contribution in [3.8, 4) is 11.8 Å². The number of amides is 2. The summed E-state index contributed by atoms with van der Waals surface area (Å²) in [5.74, 6) is 3.34. The molecule has 3 aromatic carbocycles. The van der Waals surface area contributed by atoms with Gasteiger partial charge in [0.15, 0.2) is 0 Å². The molecule has 7 heteroatoms. The lowest BCUT2D eigenvalue weighted by molar-refractivity contribution is -0.115. The van der Waals surface area contributed by atoms with E-state index in [-0.39, 0.29) is 11.5 Å². The Morgan fingerprint density at radius 3 is 2.43 bits per heavy atom. The van der Waals surface area contributed by atoms with Crippen LogP contribution in [0.1, 0.15) is 22.3 Å². The Balaban J connectivity index is 1.79. The molecular weight excluding hydrogens is 443 g/mol. The first-order valence-corrected chi connectivity index (χ1v) is 11.0. The second-order valence-electron chi connectivity index (χ2n) is 8.34. The first-order valence-electron chi connectivity index (χ1n) is 11.0. The van der Waals surface area contributed by atoms with Gasteiger partial charge in [-0.1, -0.05) is 48.4 Å². The zero-order chi connectivity index (χ0) is 24.9. The van der Waals surface area contributed by atoms with E-state index in [1.165, 1.54) is 19.2 Å². The highest BCUT2D eigenvalue weighted by Crippen LogP contribution is 2.38. The summed E-state index contributed by atoms with van der Waals surface area (Å²) in [5, 5.41) is 8.55. The lowest BCUT2D eigenvalue weighted by Crippen LogP contribution is -2.14. The number of fused-ring (bicyclic) bond motifs is 1. The number of nitrogens with one attached hydrogen (secondary N) is 3. The van der Waals surface area contributed by atoms with Crippen LogP contribution < -0.4 is 16.0 Å². The first kappa shape index (κ1) is 23.7. The molecule has 176 valence electrons. The molecule has 0 fully saturated rings. The predicted molar refractivity (Wildman–Crippen MR) is 137 cm³/mol. The summed E-state index contributed by atoms with van der Waals surface area (Å²) in [6, 6.07) is 20.1. The molecule has 6 nitrogen and oxygen atoms in total. The molecule has 0 unspecified atom stereocenters. The molecule has 1 aliphatic rings. The van der Waals surface area contributed by atoms with Crippen molar-refractivity contribution in [2.24, 2.45) is 0 Å². The van der Waals surface area contributed by atoms with Gasteiger partial charge in [0.25, 0.3) is 11.8 Å². The van der Waals surface area contributed by atoms with Crippen molar-refractivity contribution in [2.75, 3.05) is 31.8 Å². The third kappa shape index (κ3) is 5.40. The molecule has 2 amide bonds. The number of hydrogen-bond donors (Lipinski definition) is 3. The van der Waals surface area contributed by atoms with Gasteiger partial charge >= 0.3 is 0 Å². The van der Waals surface area contributed by atoms with Gasteiger partial charge < -0.3 is 20.9 Å². The quantitative estimate of drug-likeness (QED) is 0.392. The molecule has 1 aliphatic heterocycles. The van der Waals surface area contributed by atoms with Gasteiger partial charge in [-0.05, 0) is 49.5 Å². The number of anilines is 2. The van der Waals surface area contributed by atoms with Gasteiger partial charge in [-0.2, -0.15) is 0 Å². The standard InChI is InChI=1S/C28H25FN4O2/c1-30-25(34)14-11-20-15-24-22(16-23(20)29)26(28(35)32-24)27(19-7-5-4-6-8-19)31-21-12-9-18(10-13-21)17-33(2)3/h4-10,12-13,15-16,31H,17H2,1-3H3,(H,30,34)(H,32,35)/b27-26-. The van der Waals surface area contributed by atoms with Crippen molar-refractivity contribution >= 4 is 34.5 Å². The molecule has 3 aromatic rings. The van der Waals surface area contributed by atoms with Crippen LogP contribution >= 0.6 is 0 Å². The second kappa shape index (κ2) is 10.2. The average molecular weight is 469 g/mol. The van der Waals surface area contributed by atoms with E-state index in [2.05, 4.69) is 32.7 Å². The maximum absolute atomic E-state index is 14.9. The van der Waals surface area contributed by atoms with Crippen molar-refractivity contribution < 1.29 is 14.0 Å². The Morgan fingerprint density at radius 1 is 1.06 bits per heavy atom. The minimum atomic E-state index is -0.616. The molecule has 0 radical (unpaired) electrons. The lowest BCUT2D eigenvalue weighted by Gasteiger charge is -2.16. The van der Waals surface area contributed by atoms with E-state index in [1.807, 2.05) is 68.7 Å². The number of halogens is 1. The van der Waals surface area contributed by atoms with Gasteiger partial charge in [-0.3, -0.25) is 9.59 Å². The van der Waals surface area contributed by atoms with Crippen LogP contribution in [-0.2, 0) is 16.1 Å². The highest BCUT2D eigenvalue weighted by atomic mass is 19.1. The van der Waals surface area contributed by atoms with Crippen molar-refractivity contribution in [1.82, 2.24) is 10.2 Å². The first-order chi connectivity index (χ1) is 16.9. The van der Waals surface area contributed by atoms with Crippen LogP contribution in [0.2, 0.25) is 0 Å². The predicted octanol–water partition coefficient (Wildman–Crippen LogP) is 3.92. The van der Waals surface area contributed by atoms with Gasteiger partial charge in [0.1, 0.15) is 5.82 Å². The zero-order valence-electron chi connectivity index (χ0n) is 19.7. The summed E-state index contributed by atoms with van der Waals surface area (Å²) in [4.78, 5) is 26.6. The monoisotopic (exact) mass is 468 g/mol. The molecule has 4 rings (SSSR count). The highest BCUT2D eigenvalue weighted by molar-refractivity contribution is 6.37. The number of hydrogen-bond acceptors (Lipinski definition) is 4. The van der Waals surface area contributed by atoms with Crippen LogP contribution in [0.4, 0.5) is 15.8 Å². The Labute approximate surface area is 203 Å². The molecule has 0 atom stereocenters. The molecular formula is C28H25FN4O2. The smallest absolute Gasteiger partial charge is 0.295 e. The Kier molecular flexibility index (Phi) is 6.95. The number of carbonyl (C=O) groups is 2.